The molecule has 5 heterocycles. The Bertz CT molecular complexity index is 2080. The summed E-state index contributed by atoms with van der Waals surface area (Å²) in [6, 6.07) is 21.9. The second-order valence-electron chi connectivity index (χ2n) is 9.66. The van der Waals surface area contributed by atoms with Crippen molar-refractivity contribution in [2.75, 3.05) is 0 Å². The van der Waals surface area contributed by atoms with Crippen LogP contribution in [0.4, 0.5) is 8.78 Å². The van der Waals surface area contributed by atoms with E-state index in [1.165, 1.54) is 12.4 Å². The molecule has 40 heavy (non-hydrogen) atoms. The molecule has 0 aliphatic rings. The summed E-state index contributed by atoms with van der Waals surface area (Å²) in [5.74, 6) is -2.27. The Labute approximate surface area is 226 Å². The number of aromatic nitrogens is 5. The predicted octanol–water partition coefficient (Wildman–Crippen LogP) is 7.97. The molecule has 7 nitrogen and oxygen atoms in total. The van der Waals surface area contributed by atoms with Crippen molar-refractivity contribution >= 4 is 38.5 Å². The number of nitrogens with zero attached hydrogens (tertiary/aromatic N) is 5. The van der Waals surface area contributed by atoms with Gasteiger partial charge in [-0.2, -0.15) is 13.8 Å². The minimum atomic E-state index is -1.12. The largest absolute Gasteiger partial charge is 0.451 e. The van der Waals surface area contributed by atoms with Gasteiger partial charge in [0, 0.05) is 29.1 Å². The maximum absolute atomic E-state index is 14.7. The number of ether oxygens (including phenoxy) is 2. The molecule has 0 spiro atoms. The van der Waals surface area contributed by atoms with Gasteiger partial charge in [0.05, 0.1) is 28.3 Å². The molecule has 0 fully saturated rings. The van der Waals surface area contributed by atoms with Crippen molar-refractivity contribution in [2.45, 2.75) is 19.8 Å². The molecule has 9 heteroatoms. The van der Waals surface area contributed by atoms with Gasteiger partial charge >= 0.3 is 0 Å². The normalized spacial score (nSPS) is 11.7. The summed E-state index contributed by atoms with van der Waals surface area (Å²) in [5.41, 5.74) is 5.39. The molecule has 0 aliphatic carbocycles. The van der Waals surface area contributed by atoms with Gasteiger partial charge in [0.25, 0.3) is 11.9 Å². The van der Waals surface area contributed by atoms with Crippen LogP contribution >= 0.6 is 0 Å². The Morgan fingerprint density at radius 1 is 0.775 bits per heavy atom. The van der Waals surface area contributed by atoms with E-state index in [0.29, 0.717) is 5.65 Å². The number of imidazole rings is 1. The lowest BCUT2D eigenvalue weighted by atomic mass is 9.96. The molecule has 0 unspecified atom stereocenters. The number of hydrogen-bond acceptors (Lipinski definition) is 6. The van der Waals surface area contributed by atoms with E-state index in [9.17, 15) is 8.78 Å². The lowest BCUT2D eigenvalue weighted by Gasteiger charge is -2.15. The maximum atomic E-state index is 14.7. The van der Waals surface area contributed by atoms with Crippen LogP contribution in [0.2, 0.25) is 0 Å². The van der Waals surface area contributed by atoms with Crippen molar-refractivity contribution in [1.82, 2.24) is 24.3 Å². The molecule has 0 saturated carbocycles. The van der Waals surface area contributed by atoms with Crippen LogP contribution in [-0.2, 0) is 0 Å². The molecule has 7 rings (SSSR count). The zero-order valence-corrected chi connectivity index (χ0v) is 21.5. The van der Waals surface area contributed by atoms with E-state index in [4.69, 9.17) is 19.4 Å². The molecular formula is C31H21F2N5O2. The van der Waals surface area contributed by atoms with Crippen LogP contribution in [0.15, 0.2) is 85.2 Å². The van der Waals surface area contributed by atoms with E-state index in [1.54, 1.807) is 24.3 Å². The molecule has 5 aromatic heterocycles. The molecule has 196 valence electrons. The Kier molecular flexibility index (Phi) is 5.52. The molecular weight excluding hydrogens is 512 g/mol. The number of pyridine rings is 4. The van der Waals surface area contributed by atoms with Crippen LogP contribution in [0.5, 0.6) is 23.1 Å². The molecule has 7 aromatic rings. The van der Waals surface area contributed by atoms with Gasteiger partial charge in [0.1, 0.15) is 11.4 Å². The van der Waals surface area contributed by atoms with E-state index in [0.717, 1.165) is 44.5 Å². The second kappa shape index (κ2) is 9.23. The fraction of sp³-hybridized carbons (Fsp3) is 0.0968. The highest BCUT2D eigenvalue weighted by Gasteiger charge is 2.20. The highest BCUT2D eigenvalue weighted by atomic mass is 19.1. The van der Waals surface area contributed by atoms with Gasteiger partial charge in [-0.1, -0.05) is 44.2 Å². The zero-order chi connectivity index (χ0) is 27.4. The fourth-order valence-corrected chi connectivity index (χ4v) is 5.03. The third kappa shape index (κ3) is 3.86. The monoisotopic (exact) mass is 533 g/mol. The van der Waals surface area contributed by atoms with E-state index in [2.05, 4.69) is 40.3 Å². The van der Waals surface area contributed by atoms with E-state index in [-0.39, 0.29) is 29.0 Å². The maximum Gasteiger partial charge on any atom is 0.258 e. The Hall–Kier alpha value is -5.18. The standard InChI is InChI=1S/C31H21F2N5O2/c1-17(2)19-8-7-11-23-27(19)28-20(31-36-21-9-3-4-10-22(21)38(23)31)14-18(16-35-28)39-24-15-25(30(33)37-29(24)32)40-26-12-5-6-13-34-26/h3-17H,1-2H3. The third-order valence-electron chi connectivity index (χ3n) is 6.78. The number of para-hydroxylation sites is 2. The Balaban J connectivity index is 1.42. The minimum Gasteiger partial charge on any atom is -0.451 e. The minimum absolute atomic E-state index is 0.134. The topological polar surface area (TPSA) is 74.4 Å². The zero-order valence-electron chi connectivity index (χ0n) is 21.5. The first-order chi connectivity index (χ1) is 19.5. The number of benzene rings is 2. The average molecular weight is 534 g/mol. The quantitative estimate of drug-likeness (QED) is 0.165. The van der Waals surface area contributed by atoms with Crippen LogP contribution in [0.3, 0.4) is 0 Å². The molecule has 0 atom stereocenters. The van der Waals surface area contributed by atoms with Crippen molar-refractivity contribution in [2.24, 2.45) is 0 Å². The lowest BCUT2D eigenvalue weighted by Crippen LogP contribution is -2.00. The van der Waals surface area contributed by atoms with Gasteiger partial charge in [-0.25, -0.2) is 9.97 Å². The van der Waals surface area contributed by atoms with Crippen LogP contribution in [-0.4, -0.2) is 24.3 Å². The van der Waals surface area contributed by atoms with Crippen LogP contribution in [0.1, 0.15) is 25.3 Å². The van der Waals surface area contributed by atoms with Crippen molar-refractivity contribution in [1.29, 1.82) is 0 Å². The van der Waals surface area contributed by atoms with Crippen molar-refractivity contribution in [3.8, 4) is 23.1 Å². The van der Waals surface area contributed by atoms with Crippen LogP contribution in [0.25, 0.3) is 38.5 Å². The first-order valence-corrected chi connectivity index (χ1v) is 12.7. The van der Waals surface area contributed by atoms with Crippen LogP contribution < -0.4 is 9.47 Å². The molecule has 0 bridgehead atoms. The summed E-state index contributed by atoms with van der Waals surface area (Å²) in [6.45, 7) is 4.28. The summed E-state index contributed by atoms with van der Waals surface area (Å²) in [6.07, 6.45) is 3.01. The Morgan fingerprint density at radius 2 is 1.55 bits per heavy atom. The molecule has 0 saturated heterocycles. The lowest BCUT2D eigenvalue weighted by molar-refractivity contribution is 0.377. The van der Waals surface area contributed by atoms with Crippen LogP contribution in [0, 0.1) is 11.9 Å². The number of fused-ring (bicyclic) bond motifs is 8. The Morgan fingerprint density at radius 3 is 2.35 bits per heavy atom. The van der Waals surface area contributed by atoms with Gasteiger partial charge in [-0.15, -0.1) is 0 Å². The second-order valence-corrected chi connectivity index (χ2v) is 9.66. The van der Waals surface area contributed by atoms with E-state index in [1.807, 2.05) is 30.3 Å². The van der Waals surface area contributed by atoms with Gasteiger partial charge < -0.3 is 9.47 Å². The van der Waals surface area contributed by atoms with Gasteiger partial charge in [0.2, 0.25) is 5.88 Å². The third-order valence-corrected chi connectivity index (χ3v) is 6.78. The van der Waals surface area contributed by atoms with Gasteiger partial charge in [-0.05, 0) is 41.8 Å². The molecule has 0 radical (unpaired) electrons. The van der Waals surface area contributed by atoms with Crippen molar-refractivity contribution in [3.63, 3.8) is 0 Å². The fourth-order valence-electron chi connectivity index (χ4n) is 5.03. The summed E-state index contributed by atoms with van der Waals surface area (Å²) in [5, 5.41) is 1.74. The molecule has 0 aliphatic heterocycles. The smallest absolute Gasteiger partial charge is 0.258 e. The van der Waals surface area contributed by atoms with E-state index >= 15 is 0 Å². The average Bonchev–Trinajstić information content (AvgIpc) is 3.36. The van der Waals surface area contributed by atoms with E-state index < -0.39 is 11.9 Å². The van der Waals surface area contributed by atoms with Gasteiger partial charge in [0.15, 0.2) is 11.5 Å². The summed E-state index contributed by atoms with van der Waals surface area (Å²) >= 11 is 0. The SMILES string of the molecule is CC(C)c1cccc2c1c1ncc(Oc3cc(Oc4ccccn4)c(F)nc3F)cc1c1nc3ccccc3n21. The summed E-state index contributed by atoms with van der Waals surface area (Å²) < 4.78 is 42.6. The highest BCUT2D eigenvalue weighted by molar-refractivity contribution is 6.13. The van der Waals surface area contributed by atoms with Gasteiger partial charge in [-0.3, -0.25) is 9.38 Å². The summed E-state index contributed by atoms with van der Waals surface area (Å²) in [7, 11) is 0. The molecule has 2 aromatic carbocycles. The first-order valence-electron chi connectivity index (χ1n) is 12.7. The highest BCUT2D eigenvalue weighted by Crippen LogP contribution is 2.38. The number of rotatable bonds is 5. The van der Waals surface area contributed by atoms with Crippen molar-refractivity contribution < 1.29 is 18.3 Å². The van der Waals surface area contributed by atoms with Crippen molar-refractivity contribution in [3.05, 3.63) is 103 Å². The number of hydrogen-bond donors (Lipinski definition) is 0. The predicted molar refractivity (Wildman–Crippen MR) is 148 cm³/mol. The number of halogens is 2. The first kappa shape index (κ1) is 23.9. The molecule has 0 N–H and O–H groups in total. The molecule has 0 amide bonds. The summed E-state index contributed by atoms with van der Waals surface area (Å²) in [4.78, 5) is 17.0.